The Morgan fingerprint density at radius 2 is 2.25 bits per heavy atom. The molecule has 0 radical (unpaired) electrons. The van der Waals surface area contributed by atoms with Crippen LogP contribution < -0.4 is 5.32 Å². The number of hydrogen-bond donors (Lipinski definition) is 1. The van der Waals surface area contributed by atoms with Crippen LogP contribution in [0.5, 0.6) is 0 Å². The first-order valence-corrected chi connectivity index (χ1v) is 6.69. The number of carbonyl (C=O) groups is 2. The van der Waals surface area contributed by atoms with Crippen LogP contribution in [0.3, 0.4) is 0 Å². The van der Waals surface area contributed by atoms with Gasteiger partial charge < -0.3 is 10.2 Å². The summed E-state index contributed by atoms with van der Waals surface area (Å²) in [5, 5.41) is 11.7. The highest BCUT2D eigenvalue weighted by Crippen LogP contribution is 2.18. The maximum atomic E-state index is 12.0. The Balaban J connectivity index is 1.99. The van der Waals surface area contributed by atoms with Crippen molar-refractivity contribution < 1.29 is 9.59 Å². The minimum atomic E-state index is -0.268. The van der Waals surface area contributed by atoms with Crippen LogP contribution in [0.25, 0.3) is 0 Å². The normalized spacial score (nSPS) is 18.5. The highest BCUT2D eigenvalue weighted by molar-refractivity contribution is 5.95. The van der Waals surface area contributed by atoms with E-state index >= 15 is 0 Å². The molecule has 2 amide bonds. The summed E-state index contributed by atoms with van der Waals surface area (Å²) in [6, 6.07) is 8.84. The molecular weight excluding hydrogens is 254 g/mol. The molecule has 1 aromatic rings. The molecule has 0 spiro atoms. The molecule has 1 fully saturated rings. The quantitative estimate of drug-likeness (QED) is 0.910. The second kappa shape index (κ2) is 6.20. The molecule has 1 aliphatic rings. The number of amides is 2. The molecule has 0 saturated carbocycles. The Morgan fingerprint density at radius 3 is 3.00 bits per heavy atom. The van der Waals surface area contributed by atoms with Crippen LogP contribution in [-0.4, -0.2) is 29.8 Å². The molecule has 1 saturated heterocycles. The summed E-state index contributed by atoms with van der Waals surface area (Å²) >= 11 is 0. The van der Waals surface area contributed by atoms with E-state index < -0.39 is 0 Å². The van der Waals surface area contributed by atoms with Gasteiger partial charge in [-0.1, -0.05) is 19.1 Å². The lowest BCUT2D eigenvalue weighted by Gasteiger charge is -2.30. The molecule has 0 bridgehead atoms. The number of anilines is 1. The first-order chi connectivity index (χ1) is 9.61. The maximum absolute atomic E-state index is 12.0. The summed E-state index contributed by atoms with van der Waals surface area (Å²) in [6.45, 7) is 2.55. The standard InChI is InChI=1S/C15H17N3O2/c1-11-5-4-8-18(15(11)20)10-14(19)17-13-7-3-2-6-12(13)9-16/h2-3,6-7,11H,4-5,8,10H2,1H3,(H,17,19). The SMILES string of the molecule is CC1CCCN(CC(=O)Nc2ccccc2C#N)C1=O. The smallest absolute Gasteiger partial charge is 0.244 e. The fourth-order valence-corrected chi connectivity index (χ4v) is 2.34. The Bertz CT molecular complexity index is 562. The fourth-order valence-electron chi connectivity index (χ4n) is 2.34. The van der Waals surface area contributed by atoms with Crippen molar-refractivity contribution >= 4 is 17.5 Å². The van der Waals surface area contributed by atoms with Crippen molar-refractivity contribution in [3.63, 3.8) is 0 Å². The number of likely N-dealkylation sites (tertiary alicyclic amines) is 1. The van der Waals surface area contributed by atoms with E-state index in [2.05, 4.69) is 5.32 Å². The van der Waals surface area contributed by atoms with Gasteiger partial charge in [-0.2, -0.15) is 5.26 Å². The monoisotopic (exact) mass is 271 g/mol. The number of piperidine rings is 1. The van der Waals surface area contributed by atoms with E-state index in [1.807, 2.05) is 13.0 Å². The number of para-hydroxylation sites is 1. The summed E-state index contributed by atoms with van der Waals surface area (Å²) < 4.78 is 0. The minimum Gasteiger partial charge on any atom is -0.333 e. The maximum Gasteiger partial charge on any atom is 0.244 e. The summed E-state index contributed by atoms with van der Waals surface area (Å²) in [6.07, 6.45) is 1.81. The molecule has 1 unspecified atom stereocenters. The molecule has 20 heavy (non-hydrogen) atoms. The van der Waals surface area contributed by atoms with Crippen LogP contribution in [0.2, 0.25) is 0 Å². The van der Waals surface area contributed by atoms with E-state index in [1.165, 1.54) is 0 Å². The van der Waals surface area contributed by atoms with Gasteiger partial charge in [0, 0.05) is 12.5 Å². The summed E-state index contributed by atoms with van der Waals surface area (Å²) in [7, 11) is 0. The number of hydrogen-bond acceptors (Lipinski definition) is 3. The molecular formula is C15H17N3O2. The second-order valence-corrected chi connectivity index (χ2v) is 5.01. The molecule has 2 rings (SSSR count). The third-order valence-electron chi connectivity index (χ3n) is 3.45. The molecule has 1 aromatic carbocycles. The zero-order valence-electron chi connectivity index (χ0n) is 11.4. The number of nitriles is 1. The van der Waals surface area contributed by atoms with Gasteiger partial charge in [0.15, 0.2) is 0 Å². The molecule has 1 N–H and O–H groups in total. The topological polar surface area (TPSA) is 73.2 Å². The van der Waals surface area contributed by atoms with E-state index in [9.17, 15) is 9.59 Å². The predicted octanol–water partition coefficient (Wildman–Crippen LogP) is 1.76. The Labute approximate surface area is 118 Å². The second-order valence-electron chi connectivity index (χ2n) is 5.01. The average molecular weight is 271 g/mol. The number of carbonyl (C=O) groups excluding carboxylic acids is 2. The third kappa shape index (κ3) is 3.15. The van der Waals surface area contributed by atoms with Crippen molar-refractivity contribution in [3.8, 4) is 6.07 Å². The predicted molar refractivity (Wildman–Crippen MR) is 74.8 cm³/mol. The van der Waals surface area contributed by atoms with Crippen LogP contribution in [0.1, 0.15) is 25.3 Å². The minimum absolute atomic E-state index is 0.0112. The highest BCUT2D eigenvalue weighted by atomic mass is 16.2. The zero-order chi connectivity index (χ0) is 14.5. The van der Waals surface area contributed by atoms with Gasteiger partial charge in [0.2, 0.25) is 11.8 Å². The van der Waals surface area contributed by atoms with E-state index in [0.29, 0.717) is 17.8 Å². The van der Waals surface area contributed by atoms with Crippen molar-refractivity contribution in [2.24, 2.45) is 5.92 Å². The van der Waals surface area contributed by atoms with Gasteiger partial charge in [-0.3, -0.25) is 9.59 Å². The van der Waals surface area contributed by atoms with Crippen LogP contribution in [-0.2, 0) is 9.59 Å². The van der Waals surface area contributed by atoms with Gasteiger partial charge >= 0.3 is 0 Å². The first kappa shape index (κ1) is 14.1. The number of nitrogens with zero attached hydrogens (tertiary/aromatic N) is 2. The number of benzene rings is 1. The number of nitrogens with one attached hydrogen (secondary N) is 1. The Morgan fingerprint density at radius 1 is 1.50 bits per heavy atom. The third-order valence-corrected chi connectivity index (χ3v) is 3.45. The zero-order valence-corrected chi connectivity index (χ0v) is 11.4. The van der Waals surface area contributed by atoms with Gasteiger partial charge in [-0.25, -0.2) is 0 Å². The van der Waals surface area contributed by atoms with E-state index in [4.69, 9.17) is 5.26 Å². The molecule has 1 atom stereocenters. The van der Waals surface area contributed by atoms with Crippen molar-refractivity contribution in [2.75, 3.05) is 18.4 Å². The largest absolute Gasteiger partial charge is 0.333 e. The van der Waals surface area contributed by atoms with Crippen molar-refractivity contribution in [2.45, 2.75) is 19.8 Å². The van der Waals surface area contributed by atoms with Crippen LogP contribution in [0.4, 0.5) is 5.69 Å². The molecule has 5 nitrogen and oxygen atoms in total. The summed E-state index contributed by atoms with van der Waals surface area (Å²) in [5.41, 5.74) is 0.900. The molecule has 1 aliphatic heterocycles. The lowest BCUT2D eigenvalue weighted by molar-refractivity contribution is -0.140. The molecule has 5 heteroatoms. The summed E-state index contributed by atoms with van der Waals surface area (Å²) in [5.74, 6) is -0.252. The van der Waals surface area contributed by atoms with Gasteiger partial charge in [0.25, 0.3) is 0 Å². The first-order valence-electron chi connectivity index (χ1n) is 6.69. The Hall–Kier alpha value is -2.35. The van der Waals surface area contributed by atoms with E-state index in [-0.39, 0.29) is 24.3 Å². The van der Waals surface area contributed by atoms with E-state index in [0.717, 1.165) is 12.8 Å². The lowest BCUT2D eigenvalue weighted by atomic mass is 9.99. The van der Waals surface area contributed by atoms with Gasteiger partial charge in [-0.15, -0.1) is 0 Å². The average Bonchev–Trinajstić information content (AvgIpc) is 2.44. The Kier molecular flexibility index (Phi) is 4.36. The van der Waals surface area contributed by atoms with Crippen LogP contribution in [0, 0.1) is 17.2 Å². The molecule has 0 aliphatic carbocycles. The van der Waals surface area contributed by atoms with E-state index in [1.54, 1.807) is 29.2 Å². The lowest BCUT2D eigenvalue weighted by Crippen LogP contribution is -2.44. The van der Waals surface area contributed by atoms with Crippen LogP contribution in [0.15, 0.2) is 24.3 Å². The van der Waals surface area contributed by atoms with Gasteiger partial charge in [0.05, 0.1) is 17.8 Å². The molecule has 104 valence electrons. The van der Waals surface area contributed by atoms with Crippen molar-refractivity contribution in [3.05, 3.63) is 29.8 Å². The van der Waals surface area contributed by atoms with Crippen molar-refractivity contribution in [1.29, 1.82) is 5.26 Å². The van der Waals surface area contributed by atoms with Gasteiger partial charge in [-0.05, 0) is 25.0 Å². The van der Waals surface area contributed by atoms with Crippen LogP contribution >= 0.6 is 0 Å². The fraction of sp³-hybridized carbons (Fsp3) is 0.400. The molecule has 0 aromatic heterocycles. The number of rotatable bonds is 3. The highest BCUT2D eigenvalue weighted by Gasteiger charge is 2.26. The summed E-state index contributed by atoms with van der Waals surface area (Å²) in [4.78, 5) is 25.5. The molecule has 1 heterocycles. The van der Waals surface area contributed by atoms with Crippen molar-refractivity contribution in [1.82, 2.24) is 4.90 Å². The van der Waals surface area contributed by atoms with Gasteiger partial charge in [0.1, 0.15) is 6.07 Å².